The van der Waals surface area contributed by atoms with Crippen molar-refractivity contribution in [1.82, 2.24) is 0 Å². The van der Waals surface area contributed by atoms with Crippen molar-refractivity contribution in [3.63, 3.8) is 0 Å². The van der Waals surface area contributed by atoms with E-state index in [1.165, 1.54) is 77.0 Å². The highest BCUT2D eigenvalue weighted by molar-refractivity contribution is 6.16. The molecule has 1 aromatic rings. The van der Waals surface area contributed by atoms with Gasteiger partial charge in [0, 0.05) is 0 Å². The molecule has 4 heteroatoms. The van der Waals surface area contributed by atoms with Crippen LogP contribution in [0, 0.1) is 0 Å². The Labute approximate surface area is 170 Å². The average Bonchev–Trinajstić information content (AvgIpc) is 2.99. The molecule has 0 atom stereocenters. The number of hydrogen-bond donors (Lipinski definition) is 0. The van der Waals surface area contributed by atoms with Crippen molar-refractivity contribution in [2.24, 2.45) is 0 Å². The summed E-state index contributed by atoms with van der Waals surface area (Å²) < 4.78 is 10.4. The van der Waals surface area contributed by atoms with Crippen molar-refractivity contribution < 1.29 is 19.1 Å². The van der Waals surface area contributed by atoms with Crippen LogP contribution in [0.3, 0.4) is 0 Å². The van der Waals surface area contributed by atoms with Crippen LogP contribution in [0.4, 0.5) is 0 Å². The zero-order chi connectivity index (χ0) is 20.0. The Morgan fingerprint density at radius 3 is 1.82 bits per heavy atom. The smallest absolute Gasteiger partial charge is 0.350 e. The van der Waals surface area contributed by atoms with E-state index in [4.69, 9.17) is 4.74 Å². The number of carbonyl (C=O) groups is 2. The number of fused-ring (bicyclic) bond motifs is 1. The van der Waals surface area contributed by atoms with Gasteiger partial charge in [0.05, 0.1) is 12.2 Å². The number of ether oxygens (including phenoxy) is 2. The lowest BCUT2D eigenvalue weighted by molar-refractivity contribution is 0.0442. The van der Waals surface area contributed by atoms with Crippen molar-refractivity contribution in [3.05, 3.63) is 29.3 Å². The molecule has 0 fully saturated rings. The summed E-state index contributed by atoms with van der Waals surface area (Å²) in [5.74, 6) is -0.721. The van der Waals surface area contributed by atoms with Gasteiger partial charge >= 0.3 is 11.9 Å². The molecule has 1 aliphatic rings. The van der Waals surface area contributed by atoms with Crippen LogP contribution in [0.25, 0.3) is 0 Å². The van der Waals surface area contributed by atoms with Gasteiger partial charge in [-0.3, -0.25) is 0 Å². The highest BCUT2D eigenvalue weighted by Gasteiger charge is 2.32. The van der Waals surface area contributed by atoms with E-state index < -0.39 is 11.9 Å². The minimum Gasteiger partial charge on any atom is -0.493 e. The first-order valence-electron chi connectivity index (χ1n) is 11.3. The average molecular weight is 389 g/mol. The lowest BCUT2D eigenvalue weighted by Gasteiger charge is -2.08. The molecular formula is C24H36O4. The van der Waals surface area contributed by atoms with E-state index in [0.717, 1.165) is 12.8 Å². The van der Waals surface area contributed by atoms with E-state index in [1.54, 1.807) is 18.2 Å². The van der Waals surface area contributed by atoms with Crippen molar-refractivity contribution in [2.75, 3.05) is 6.61 Å². The van der Waals surface area contributed by atoms with E-state index in [9.17, 15) is 9.59 Å². The van der Waals surface area contributed by atoms with Gasteiger partial charge in [-0.1, -0.05) is 96.5 Å². The second-order valence-corrected chi connectivity index (χ2v) is 7.80. The summed E-state index contributed by atoms with van der Waals surface area (Å²) in [4.78, 5) is 23.3. The molecule has 1 aromatic carbocycles. The SMILES string of the molecule is CCCCCCCCCCCCCCCCOc1cccc2c1C(=O)OC2=O. The maximum Gasteiger partial charge on any atom is 0.350 e. The molecule has 0 saturated carbocycles. The number of hydrogen-bond acceptors (Lipinski definition) is 4. The molecular weight excluding hydrogens is 352 g/mol. The van der Waals surface area contributed by atoms with Crippen LogP contribution in [0.15, 0.2) is 18.2 Å². The zero-order valence-corrected chi connectivity index (χ0v) is 17.5. The highest BCUT2D eigenvalue weighted by atomic mass is 16.6. The Morgan fingerprint density at radius 2 is 1.25 bits per heavy atom. The first-order valence-corrected chi connectivity index (χ1v) is 11.3. The third-order valence-corrected chi connectivity index (χ3v) is 5.39. The summed E-state index contributed by atoms with van der Waals surface area (Å²) in [5.41, 5.74) is 0.585. The van der Waals surface area contributed by atoms with E-state index in [-0.39, 0.29) is 5.56 Å². The monoisotopic (exact) mass is 388 g/mol. The normalized spacial score (nSPS) is 12.9. The fourth-order valence-corrected chi connectivity index (χ4v) is 3.70. The fraction of sp³-hybridized carbons (Fsp3) is 0.667. The van der Waals surface area contributed by atoms with Crippen LogP contribution >= 0.6 is 0 Å². The Balaban J connectivity index is 1.43. The van der Waals surface area contributed by atoms with Crippen molar-refractivity contribution >= 4 is 11.9 Å². The van der Waals surface area contributed by atoms with Crippen LogP contribution in [-0.2, 0) is 4.74 Å². The standard InChI is InChI=1S/C24H36O4/c1-2-3-4-5-6-7-8-9-10-11-12-13-14-15-19-27-21-18-16-17-20-22(21)24(26)28-23(20)25/h16-18H,2-15,19H2,1H3. The molecule has 0 unspecified atom stereocenters. The van der Waals surface area contributed by atoms with Crippen molar-refractivity contribution in [2.45, 2.75) is 96.8 Å². The number of benzene rings is 1. The molecule has 0 spiro atoms. The first-order chi connectivity index (χ1) is 13.7. The van der Waals surface area contributed by atoms with Crippen LogP contribution < -0.4 is 4.74 Å². The second-order valence-electron chi connectivity index (χ2n) is 7.80. The summed E-state index contributed by atoms with van der Waals surface area (Å²) >= 11 is 0. The molecule has 0 radical (unpaired) electrons. The molecule has 0 aromatic heterocycles. The minimum atomic E-state index is -0.600. The van der Waals surface area contributed by atoms with E-state index in [0.29, 0.717) is 17.9 Å². The molecule has 0 amide bonds. The second kappa shape index (κ2) is 13.4. The molecule has 1 aliphatic heterocycles. The predicted molar refractivity (Wildman–Crippen MR) is 112 cm³/mol. The van der Waals surface area contributed by atoms with Crippen LogP contribution in [0.5, 0.6) is 5.75 Å². The predicted octanol–water partition coefficient (Wildman–Crippen LogP) is 6.86. The van der Waals surface area contributed by atoms with Gasteiger partial charge in [0.2, 0.25) is 0 Å². The van der Waals surface area contributed by atoms with Gasteiger partial charge in [-0.05, 0) is 18.6 Å². The van der Waals surface area contributed by atoms with Crippen molar-refractivity contribution in [1.29, 1.82) is 0 Å². The Bertz CT molecular complexity index is 609. The lowest BCUT2D eigenvalue weighted by atomic mass is 10.0. The molecule has 28 heavy (non-hydrogen) atoms. The molecule has 0 N–H and O–H groups in total. The fourth-order valence-electron chi connectivity index (χ4n) is 3.70. The Hall–Kier alpha value is -1.84. The molecule has 156 valence electrons. The van der Waals surface area contributed by atoms with Gasteiger partial charge in [-0.15, -0.1) is 0 Å². The number of rotatable bonds is 16. The van der Waals surface area contributed by atoms with Gasteiger partial charge < -0.3 is 9.47 Å². The van der Waals surface area contributed by atoms with Crippen LogP contribution in [0.2, 0.25) is 0 Å². The van der Waals surface area contributed by atoms with E-state index >= 15 is 0 Å². The maximum atomic E-state index is 11.7. The Kier molecular flexibility index (Phi) is 10.7. The van der Waals surface area contributed by atoms with E-state index in [2.05, 4.69) is 11.7 Å². The van der Waals surface area contributed by atoms with Crippen molar-refractivity contribution in [3.8, 4) is 5.75 Å². The summed E-state index contributed by atoms with van der Waals surface area (Å²) in [6.45, 7) is 2.83. The molecule has 0 aliphatic carbocycles. The van der Waals surface area contributed by atoms with Gasteiger partial charge in [0.1, 0.15) is 11.3 Å². The molecule has 0 saturated heterocycles. The molecule has 1 heterocycles. The third-order valence-electron chi connectivity index (χ3n) is 5.39. The number of esters is 2. The largest absolute Gasteiger partial charge is 0.493 e. The Morgan fingerprint density at radius 1 is 0.714 bits per heavy atom. The van der Waals surface area contributed by atoms with Gasteiger partial charge in [-0.25, -0.2) is 9.59 Å². The minimum absolute atomic E-state index is 0.276. The first kappa shape index (κ1) is 22.4. The summed E-state index contributed by atoms with van der Waals surface area (Å²) in [6.07, 6.45) is 18.5. The molecule has 0 bridgehead atoms. The zero-order valence-electron chi connectivity index (χ0n) is 17.5. The highest BCUT2D eigenvalue weighted by Crippen LogP contribution is 2.29. The summed E-state index contributed by atoms with van der Waals surface area (Å²) in [5, 5.41) is 0. The summed E-state index contributed by atoms with van der Waals surface area (Å²) in [7, 11) is 0. The number of cyclic esters (lactones) is 2. The topological polar surface area (TPSA) is 52.6 Å². The van der Waals surface area contributed by atoms with Crippen LogP contribution in [-0.4, -0.2) is 18.5 Å². The lowest BCUT2D eigenvalue weighted by Crippen LogP contribution is -2.03. The van der Waals surface area contributed by atoms with Gasteiger partial charge in [0.15, 0.2) is 0 Å². The van der Waals surface area contributed by atoms with Gasteiger partial charge in [0.25, 0.3) is 0 Å². The van der Waals surface area contributed by atoms with E-state index in [1.807, 2.05) is 0 Å². The summed E-state index contributed by atoms with van der Waals surface area (Å²) in [6, 6.07) is 5.05. The number of unbranched alkanes of at least 4 members (excludes halogenated alkanes) is 13. The third kappa shape index (κ3) is 7.65. The van der Waals surface area contributed by atoms with Crippen LogP contribution in [0.1, 0.15) is 118 Å². The maximum absolute atomic E-state index is 11.7. The molecule has 4 nitrogen and oxygen atoms in total. The molecule has 2 rings (SSSR count). The number of carbonyl (C=O) groups excluding carboxylic acids is 2. The quantitative estimate of drug-likeness (QED) is 0.176. The van der Waals surface area contributed by atoms with Gasteiger partial charge in [-0.2, -0.15) is 0 Å².